The second kappa shape index (κ2) is 4.63. The molecule has 1 heterocycles. The smallest absolute Gasteiger partial charge is 0.166 e. The van der Waals surface area contributed by atoms with Crippen LogP contribution in [0, 0.1) is 0 Å². The summed E-state index contributed by atoms with van der Waals surface area (Å²) in [5.74, 6) is 1.63. The van der Waals surface area contributed by atoms with E-state index in [9.17, 15) is 0 Å². The highest BCUT2D eigenvalue weighted by Gasteiger charge is 2.40. The highest BCUT2D eigenvalue weighted by Crippen LogP contribution is 2.50. The Bertz CT molecular complexity index is 455. The van der Waals surface area contributed by atoms with Crippen molar-refractivity contribution in [3.63, 3.8) is 0 Å². The number of rotatable bonds is 2. The lowest BCUT2D eigenvalue weighted by Crippen LogP contribution is -2.33. The van der Waals surface area contributed by atoms with Crippen LogP contribution in [0.4, 0.5) is 0 Å². The first-order valence-corrected chi connectivity index (χ1v) is 6.93. The second-order valence-electron chi connectivity index (χ2n) is 5.14. The average Bonchev–Trinajstić information content (AvgIpc) is 2.88. The van der Waals surface area contributed by atoms with Crippen LogP contribution in [0.25, 0.3) is 0 Å². The Balaban J connectivity index is 2.15. The first-order valence-electron chi connectivity index (χ1n) is 6.55. The molecule has 0 aromatic heterocycles. The molecule has 1 aromatic carbocycles. The summed E-state index contributed by atoms with van der Waals surface area (Å²) in [7, 11) is 0. The van der Waals surface area contributed by atoms with E-state index < -0.39 is 0 Å². The molecule has 0 bridgehead atoms. The van der Waals surface area contributed by atoms with E-state index in [1.807, 2.05) is 12.1 Å². The van der Waals surface area contributed by atoms with Crippen LogP contribution >= 0.6 is 11.6 Å². The van der Waals surface area contributed by atoms with Gasteiger partial charge in [0.15, 0.2) is 11.5 Å². The van der Waals surface area contributed by atoms with E-state index in [-0.39, 0.29) is 5.41 Å². The third-order valence-electron chi connectivity index (χ3n) is 4.14. The normalized spacial score (nSPS) is 21.0. The summed E-state index contributed by atoms with van der Waals surface area (Å²) in [5, 5.41) is 0.756. The minimum absolute atomic E-state index is 0.0247. The molecule has 0 unspecified atom stereocenters. The summed E-state index contributed by atoms with van der Waals surface area (Å²) < 4.78 is 11.5. The summed E-state index contributed by atoms with van der Waals surface area (Å²) in [4.78, 5) is 0. The molecule has 0 saturated heterocycles. The van der Waals surface area contributed by atoms with Gasteiger partial charge in [-0.05, 0) is 25.0 Å². The van der Waals surface area contributed by atoms with Gasteiger partial charge in [-0.15, -0.1) is 0 Å². The lowest BCUT2D eigenvalue weighted by atomic mass is 9.78. The first-order chi connectivity index (χ1) is 8.77. The predicted molar refractivity (Wildman–Crippen MR) is 71.6 cm³/mol. The Labute approximate surface area is 112 Å². The van der Waals surface area contributed by atoms with E-state index in [0.29, 0.717) is 19.8 Å². The van der Waals surface area contributed by atoms with E-state index in [1.165, 1.54) is 12.8 Å². The zero-order valence-corrected chi connectivity index (χ0v) is 11.1. The van der Waals surface area contributed by atoms with Gasteiger partial charge >= 0.3 is 0 Å². The van der Waals surface area contributed by atoms with Crippen LogP contribution < -0.4 is 15.2 Å². The standard InChI is InChI=1S/C14H18ClNO2/c15-10-3-4-11-13(18-8-7-17-11)12(10)14(9-16)5-1-2-6-14/h3-4H,1-2,5-9,16H2. The monoisotopic (exact) mass is 267 g/mol. The van der Waals surface area contributed by atoms with Gasteiger partial charge in [-0.3, -0.25) is 0 Å². The highest BCUT2D eigenvalue weighted by atomic mass is 35.5. The molecule has 18 heavy (non-hydrogen) atoms. The Morgan fingerprint density at radius 2 is 1.89 bits per heavy atom. The molecule has 1 saturated carbocycles. The summed E-state index contributed by atoms with van der Waals surface area (Å²) in [6.07, 6.45) is 4.59. The quantitative estimate of drug-likeness (QED) is 0.896. The molecule has 1 fully saturated rings. The molecular weight excluding hydrogens is 250 g/mol. The average molecular weight is 268 g/mol. The zero-order valence-electron chi connectivity index (χ0n) is 10.4. The lowest BCUT2D eigenvalue weighted by molar-refractivity contribution is 0.167. The molecule has 0 amide bonds. The Kier molecular flexibility index (Phi) is 3.12. The third kappa shape index (κ3) is 1.77. The molecule has 2 aliphatic rings. The van der Waals surface area contributed by atoms with Crippen molar-refractivity contribution < 1.29 is 9.47 Å². The van der Waals surface area contributed by atoms with E-state index in [2.05, 4.69) is 0 Å². The van der Waals surface area contributed by atoms with Crippen molar-refractivity contribution >= 4 is 11.6 Å². The van der Waals surface area contributed by atoms with Gasteiger partial charge in [-0.2, -0.15) is 0 Å². The predicted octanol–water partition coefficient (Wildman–Crippen LogP) is 2.88. The van der Waals surface area contributed by atoms with Crippen molar-refractivity contribution in [2.24, 2.45) is 5.73 Å². The maximum absolute atomic E-state index is 6.42. The topological polar surface area (TPSA) is 44.5 Å². The van der Waals surface area contributed by atoms with E-state index in [1.54, 1.807) is 0 Å². The number of hydrogen-bond donors (Lipinski definition) is 1. The molecule has 2 N–H and O–H groups in total. The zero-order chi connectivity index (χ0) is 12.6. The van der Waals surface area contributed by atoms with E-state index in [0.717, 1.165) is 34.9 Å². The molecule has 1 aromatic rings. The van der Waals surface area contributed by atoms with Crippen LogP contribution in [0.3, 0.4) is 0 Å². The van der Waals surface area contributed by atoms with Crippen LogP contribution in [0.15, 0.2) is 12.1 Å². The number of ether oxygens (including phenoxy) is 2. The lowest BCUT2D eigenvalue weighted by Gasteiger charge is -2.33. The molecule has 4 heteroatoms. The molecule has 98 valence electrons. The molecule has 0 radical (unpaired) electrons. The summed E-state index contributed by atoms with van der Waals surface area (Å²) in [6.45, 7) is 1.80. The van der Waals surface area contributed by atoms with Gasteiger partial charge in [0.1, 0.15) is 13.2 Å². The maximum atomic E-state index is 6.42. The Morgan fingerprint density at radius 3 is 2.61 bits per heavy atom. The molecule has 3 rings (SSSR count). The fourth-order valence-electron chi connectivity index (χ4n) is 3.19. The van der Waals surface area contributed by atoms with Crippen molar-refractivity contribution in [1.82, 2.24) is 0 Å². The van der Waals surface area contributed by atoms with Crippen LogP contribution in [-0.4, -0.2) is 19.8 Å². The highest BCUT2D eigenvalue weighted by molar-refractivity contribution is 6.31. The molecule has 1 aliphatic carbocycles. The molecule has 3 nitrogen and oxygen atoms in total. The number of benzene rings is 1. The fourth-order valence-corrected chi connectivity index (χ4v) is 3.54. The van der Waals surface area contributed by atoms with Crippen molar-refractivity contribution in [2.45, 2.75) is 31.1 Å². The van der Waals surface area contributed by atoms with Crippen LogP contribution in [0.2, 0.25) is 5.02 Å². The number of nitrogens with two attached hydrogens (primary N) is 1. The van der Waals surface area contributed by atoms with Crippen molar-refractivity contribution in [3.05, 3.63) is 22.7 Å². The molecule has 1 aliphatic heterocycles. The van der Waals surface area contributed by atoms with Crippen LogP contribution in [0.5, 0.6) is 11.5 Å². The van der Waals surface area contributed by atoms with Crippen LogP contribution in [-0.2, 0) is 5.41 Å². The van der Waals surface area contributed by atoms with Gasteiger partial charge in [0.2, 0.25) is 0 Å². The largest absolute Gasteiger partial charge is 0.486 e. The van der Waals surface area contributed by atoms with Crippen LogP contribution in [0.1, 0.15) is 31.2 Å². The SMILES string of the molecule is NCC1(c2c(Cl)ccc3c2OCCO3)CCCC1. The van der Waals surface area contributed by atoms with Gasteiger partial charge in [0.05, 0.1) is 0 Å². The minimum atomic E-state index is -0.0247. The van der Waals surface area contributed by atoms with Crippen molar-refractivity contribution in [3.8, 4) is 11.5 Å². The van der Waals surface area contributed by atoms with Gasteiger partial charge < -0.3 is 15.2 Å². The van der Waals surface area contributed by atoms with Crippen molar-refractivity contribution in [2.75, 3.05) is 19.8 Å². The first kappa shape index (κ1) is 12.1. The van der Waals surface area contributed by atoms with Crippen molar-refractivity contribution in [1.29, 1.82) is 0 Å². The second-order valence-corrected chi connectivity index (χ2v) is 5.55. The van der Waals surface area contributed by atoms with E-state index >= 15 is 0 Å². The van der Waals surface area contributed by atoms with E-state index in [4.69, 9.17) is 26.8 Å². The van der Waals surface area contributed by atoms with Gasteiger partial charge in [0, 0.05) is 22.5 Å². The summed E-state index contributed by atoms with van der Waals surface area (Å²) in [6, 6.07) is 3.79. The maximum Gasteiger partial charge on any atom is 0.166 e. The molecular formula is C14H18ClNO2. The third-order valence-corrected chi connectivity index (χ3v) is 4.45. The summed E-state index contributed by atoms with van der Waals surface area (Å²) >= 11 is 6.42. The summed E-state index contributed by atoms with van der Waals surface area (Å²) in [5.41, 5.74) is 7.09. The van der Waals surface area contributed by atoms with Gasteiger partial charge in [-0.1, -0.05) is 24.4 Å². The number of halogens is 1. The van der Waals surface area contributed by atoms with Gasteiger partial charge in [-0.25, -0.2) is 0 Å². The Morgan fingerprint density at radius 1 is 1.17 bits per heavy atom. The number of fused-ring (bicyclic) bond motifs is 1. The van der Waals surface area contributed by atoms with Gasteiger partial charge in [0.25, 0.3) is 0 Å². The minimum Gasteiger partial charge on any atom is -0.486 e. The molecule has 0 spiro atoms. The Hall–Kier alpha value is -0.930. The molecule has 0 atom stereocenters. The fraction of sp³-hybridized carbons (Fsp3) is 0.571. The number of hydrogen-bond acceptors (Lipinski definition) is 3.